The highest BCUT2D eigenvalue weighted by Crippen LogP contribution is 2.43. The molecule has 0 aromatic rings. The van der Waals surface area contributed by atoms with Gasteiger partial charge in [-0.15, -0.1) is 0 Å². The van der Waals surface area contributed by atoms with E-state index in [-0.39, 0.29) is 0 Å². The summed E-state index contributed by atoms with van der Waals surface area (Å²) >= 11 is 0. The summed E-state index contributed by atoms with van der Waals surface area (Å²) in [5.74, 6) is 2.32. The van der Waals surface area contributed by atoms with E-state index >= 15 is 0 Å². The van der Waals surface area contributed by atoms with E-state index in [1.54, 1.807) is 0 Å². The Kier molecular flexibility index (Phi) is 4.87. The van der Waals surface area contributed by atoms with Crippen LogP contribution in [0.25, 0.3) is 0 Å². The summed E-state index contributed by atoms with van der Waals surface area (Å²) in [5, 5.41) is 8.60. The van der Waals surface area contributed by atoms with Gasteiger partial charge in [-0.25, -0.2) is 0 Å². The summed E-state index contributed by atoms with van der Waals surface area (Å²) in [4.78, 5) is 10.4. The minimum Gasteiger partial charge on any atom is -0.481 e. The summed E-state index contributed by atoms with van der Waals surface area (Å²) < 4.78 is 0. The SMILES string of the molecule is O=C(O)CCCC[C@@H]1CC[C@H]2CCCC[C@H]2C1. The molecule has 0 spiro atoms. The molecule has 2 nitrogen and oxygen atoms in total. The van der Waals surface area contributed by atoms with Crippen LogP contribution in [-0.2, 0) is 4.79 Å². The van der Waals surface area contributed by atoms with Gasteiger partial charge in [-0.1, -0.05) is 44.9 Å². The molecule has 0 amide bonds. The summed E-state index contributed by atoms with van der Waals surface area (Å²) in [7, 11) is 0. The Morgan fingerprint density at radius 2 is 1.76 bits per heavy atom. The van der Waals surface area contributed by atoms with Crippen LogP contribution in [0.3, 0.4) is 0 Å². The van der Waals surface area contributed by atoms with Crippen molar-refractivity contribution in [3.63, 3.8) is 0 Å². The maximum Gasteiger partial charge on any atom is 0.303 e. The molecule has 17 heavy (non-hydrogen) atoms. The van der Waals surface area contributed by atoms with Crippen LogP contribution < -0.4 is 0 Å². The average molecular weight is 238 g/mol. The van der Waals surface area contributed by atoms with Crippen molar-refractivity contribution in [2.45, 2.75) is 70.6 Å². The third-order valence-electron chi connectivity index (χ3n) is 4.90. The lowest BCUT2D eigenvalue weighted by Crippen LogP contribution is -2.27. The fourth-order valence-corrected chi connectivity index (χ4v) is 3.94. The highest BCUT2D eigenvalue weighted by molar-refractivity contribution is 5.66. The normalized spacial score (nSPS) is 33.1. The summed E-state index contributed by atoms with van der Waals surface area (Å²) in [6.45, 7) is 0. The monoisotopic (exact) mass is 238 g/mol. The molecule has 2 rings (SSSR count). The van der Waals surface area contributed by atoms with E-state index in [1.807, 2.05) is 0 Å². The topological polar surface area (TPSA) is 37.3 Å². The zero-order chi connectivity index (χ0) is 12.1. The Hall–Kier alpha value is -0.530. The van der Waals surface area contributed by atoms with Crippen molar-refractivity contribution in [2.24, 2.45) is 17.8 Å². The van der Waals surface area contributed by atoms with E-state index < -0.39 is 5.97 Å². The number of carbonyl (C=O) groups is 1. The van der Waals surface area contributed by atoms with Gasteiger partial charge >= 0.3 is 5.97 Å². The minimum atomic E-state index is -0.638. The van der Waals surface area contributed by atoms with E-state index in [2.05, 4.69) is 0 Å². The molecule has 98 valence electrons. The molecule has 0 radical (unpaired) electrons. The number of hydrogen-bond donors (Lipinski definition) is 1. The van der Waals surface area contributed by atoms with Crippen LogP contribution in [0.15, 0.2) is 0 Å². The van der Waals surface area contributed by atoms with Gasteiger partial charge in [0.05, 0.1) is 0 Å². The number of hydrogen-bond acceptors (Lipinski definition) is 1. The van der Waals surface area contributed by atoms with Crippen LogP contribution in [0.2, 0.25) is 0 Å². The van der Waals surface area contributed by atoms with Crippen LogP contribution in [0.4, 0.5) is 0 Å². The molecule has 0 unspecified atom stereocenters. The van der Waals surface area contributed by atoms with Crippen molar-refractivity contribution < 1.29 is 9.90 Å². The summed E-state index contributed by atoms with van der Waals surface area (Å²) in [6.07, 6.45) is 13.8. The Bertz CT molecular complexity index is 249. The lowest BCUT2D eigenvalue weighted by Gasteiger charge is -2.39. The lowest BCUT2D eigenvalue weighted by molar-refractivity contribution is -0.137. The van der Waals surface area contributed by atoms with E-state index in [1.165, 1.54) is 51.4 Å². The fraction of sp³-hybridized carbons (Fsp3) is 0.933. The van der Waals surface area contributed by atoms with Crippen LogP contribution in [0.1, 0.15) is 70.6 Å². The quantitative estimate of drug-likeness (QED) is 0.727. The second-order valence-electron chi connectivity index (χ2n) is 6.12. The molecule has 0 bridgehead atoms. The third-order valence-corrected chi connectivity index (χ3v) is 4.90. The zero-order valence-electron chi connectivity index (χ0n) is 10.9. The first-order valence-corrected chi connectivity index (χ1v) is 7.47. The van der Waals surface area contributed by atoms with Gasteiger partial charge in [-0.3, -0.25) is 4.79 Å². The van der Waals surface area contributed by atoms with E-state index in [9.17, 15) is 4.79 Å². The van der Waals surface area contributed by atoms with Gasteiger partial charge in [0, 0.05) is 6.42 Å². The standard InChI is InChI=1S/C15H26O2/c16-15(17)8-4-1-5-12-9-10-13-6-2-3-7-14(13)11-12/h12-14H,1-11H2,(H,16,17)/t12-,13-,14+/m1/s1. The molecular formula is C15H26O2. The zero-order valence-corrected chi connectivity index (χ0v) is 10.9. The number of carboxylic acids is 1. The van der Waals surface area contributed by atoms with Crippen molar-refractivity contribution in [3.8, 4) is 0 Å². The van der Waals surface area contributed by atoms with Crippen molar-refractivity contribution >= 4 is 5.97 Å². The second-order valence-corrected chi connectivity index (χ2v) is 6.12. The Labute approximate surface area is 105 Å². The van der Waals surface area contributed by atoms with Crippen LogP contribution in [0.5, 0.6) is 0 Å². The van der Waals surface area contributed by atoms with E-state index in [0.717, 1.165) is 30.6 Å². The molecule has 2 heteroatoms. The first-order chi connectivity index (χ1) is 8.25. The Morgan fingerprint density at radius 3 is 2.53 bits per heavy atom. The van der Waals surface area contributed by atoms with Gasteiger partial charge in [0.25, 0.3) is 0 Å². The molecule has 0 heterocycles. The first-order valence-electron chi connectivity index (χ1n) is 7.47. The van der Waals surface area contributed by atoms with Crippen LogP contribution in [0, 0.1) is 17.8 Å². The molecule has 0 saturated heterocycles. The highest BCUT2D eigenvalue weighted by atomic mass is 16.4. The summed E-state index contributed by atoms with van der Waals surface area (Å²) in [6, 6.07) is 0. The van der Waals surface area contributed by atoms with E-state index in [0.29, 0.717) is 6.42 Å². The van der Waals surface area contributed by atoms with Gasteiger partial charge < -0.3 is 5.11 Å². The molecule has 0 aromatic carbocycles. The third kappa shape index (κ3) is 4.01. The molecule has 1 N–H and O–H groups in total. The maximum atomic E-state index is 10.4. The Morgan fingerprint density at radius 1 is 1.00 bits per heavy atom. The largest absolute Gasteiger partial charge is 0.481 e. The van der Waals surface area contributed by atoms with Crippen molar-refractivity contribution in [1.82, 2.24) is 0 Å². The number of fused-ring (bicyclic) bond motifs is 1. The predicted molar refractivity (Wildman–Crippen MR) is 68.9 cm³/mol. The first kappa shape index (κ1) is 12.9. The predicted octanol–water partition coefficient (Wildman–Crippen LogP) is 4.24. The number of unbranched alkanes of at least 4 members (excludes halogenated alkanes) is 1. The second kappa shape index (κ2) is 6.42. The molecule has 3 atom stereocenters. The average Bonchev–Trinajstić information content (AvgIpc) is 2.34. The van der Waals surface area contributed by atoms with Gasteiger partial charge in [0.2, 0.25) is 0 Å². The number of aliphatic carboxylic acids is 1. The fourth-order valence-electron chi connectivity index (χ4n) is 3.94. The lowest BCUT2D eigenvalue weighted by atomic mass is 9.67. The van der Waals surface area contributed by atoms with Crippen LogP contribution >= 0.6 is 0 Å². The molecule has 0 aliphatic heterocycles. The van der Waals surface area contributed by atoms with Crippen molar-refractivity contribution in [3.05, 3.63) is 0 Å². The van der Waals surface area contributed by atoms with Crippen molar-refractivity contribution in [2.75, 3.05) is 0 Å². The smallest absolute Gasteiger partial charge is 0.303 e. The minimum absolute atomic E-state index is 0.360. The van der Waals surface area contributed by atoms with E-state index in [4.69, 9.17) is 5.11 Å². The molecule has 2 aliphatic carbocycles. The molecule has 2 fully saturated rings. The maximum absolute atomic E-state index is 10.4. The number of carboxylic acid groups (broad SMARTS) is 1. The van der Waals surface area contributed by atoms with Crippen LogP contribution in [-0.4, -0.2) is 11.1 Å². The van der Waals surface area contributed by atoms with Gasteiger partial charge in [0.15, 0.2) is 0 Å². The molecular weight excluding hydrogens is 212 g/mol. The highest BCUT2D eigenvalue weighted by Gasteiger charge is 2.31. The number of rotatable bonds is 5. The molecule has 2 aliphatic rings. The molecule has 2 saturated carbocycles. The summed E-state index contributed by atoms with van der Waals surface area (Å²) in [5.41, 5.74) is 0. The molecule has 0 aromatic heterocycles. The van der Waals surface area contributed by atoms with Gasteiger partial charge in [-0.2, -0.15) is 0 Å². The van der Waals surface area contributed by atoms with Gasteiger partial charge in [0.1, 0.15) is 0 Å². The van der Waals surface area contributed by atoms with Crippen molar-refractivity contribution in [1.29, 1.82) is 0 Å². The van der Waals surface area contributed by atoms with Gasteiger partial charge in [-0.05, 0) is 37.0 Å². The Balaban J connectivity index is 1.64.